The zero-order valence-corrected chi connectivity index (χ0v) is 16.2. The molecule has 1 atom stereocenters. The molecule has 1 spiro atoms. The van der Waals surface area contributed by atoms with Gasteiger partial charge in [-0.3, -0.25) is 4.90 Å². The van der Waals surface area contributed by atoms with Crippen LogP contribution in [-0.4, -0.2) is 55.2 Å². The molecule has 0 aromatic heterocycles. The zero-order chi connectivity index (χ0) is 17.4. The second kappa shape index (κ2) is 7.26. The molecule has 1 aromatic carbocycles. The van der Waals surface area contributed by atoms with E-state index >= 15 is 0 Å². The van der Waals surface area contributed by atoms with Crippen molar-refractivity contribution in [3.05, 3.63) is 35.4 Å². The maximum Gasteiger partial charge on any atom is 0.0480 e. The number of nitrogens with zero attached hydrogens (tertiary/aromatic N) is 2. The van der Waals surface area contributed by atoms with Gasteiger partial charge < -0.3 is 9.64 Å². The molecule has 1 aromatic rings. The van der Waals surface area contributed by atoms with Gasteiger partial charge in [-0.1, -0.05) is 24.3 Å². The standard InChI is InChI=1S/C23H34N2O/c1-2-6-21-20(5-1)22(25-13-3-4-14-25)7-10-23(21)11-15-24(16-12-23)19-8-17-26-18-9-19/h1-2,5-6,19,22H,3-4,7-18H2. The molecule has 3 nitrogen and oxygen atoms in total. The first-order chi connectivity index (χ1) is 12.9. The molecule has 0 saturated carbocycles. The van der Waals surface area contributed by atoms with Crippen LogP contribution in [0.3, 0.4) is 0 Å². The molecule has 5 rings (SSSR count). The van der Waals surface area contributed by atoms with Crippen LogP contribution in [0.1, 0.15) is 68.5 Å². The van der Waals surface area contributed by atoms with Crippen LogP contribution < -0.4 is 0 Å². The summed E-state index contributed by atoms with van der Waals surface area (Å²) in [6, 6.07) is 11.0. The average Bonchev–Trinajstić information content (AvgIpc) is 3.24. The average molecular weight is 355 g/mol. The predicted molar refractivity (Wildman–Crippen MR) is 106 cm³/mol. The number of hydrogen-bond donors (Lipinski definition) is 0. The Bertz CT molecular complexity index is 610. The smallest absolute Gasteiger partial charge is 0.0480 e. The molecule has 0 radical (unpaired) electrons. The van der Waals surface area contributed by atoms with E-state index in [0.29, 0.717) is 11.5 Å². The Morgan fingerprint density at radius 1 is 0.808 bits per heavy atom. The molecule has 0 N–H and O–H groups in total. The number of likely N-dealkylation sites (tertiary alicyclic amines) is 2. The molecule has 142 valence electrons. The largest absolute Gasteiger partial charge is 0.381 e. The Balaban J connectivity index is 1.35. The summed E-state index contributed by atoms with van der Waals surface area (Å²) in [6.07, 6.45) is 10.7. The summed E-state index contributed by atoms with van der Waals surface area (Å²) < 4.78 is 5.58. The van der Waals surface area contributed by atoms with Gasteiger partial charge in [-0.2, -0.15) is 0 Å². The summed E-state index contributed by atoms with van der Waals surface area (Å²) in [7, 11) is 0. The van der Waals surface area contributed by atoms with Crippen LogP contribution in [0.4, 0.5) is 0 Å². The molecule has 3 aliphatic heterocycles. The summed E-state index contributed by atoms with van der Waals surface area (Å²) >= 11 is 0. The molecule has 26 heavy (non-hydrogen) atoms. The fraction of sp³-hybridized carbons (Fsp3) is 0.739. The molecular formula is C23H34N2O. The van der Waals surface area contributed by atoms with Crippen molar-refractivity contribution in [1.29, 1.82) is 0 Å². The van der Waals surface area contributed by atoms with Crippen LogP contribution in [0.2, 0.25) is 0 Å². The minimum absolute atomic E-state index is 0.453. The van der Waals surface area contributed by atoms with Gasteiger partial charge in [-0.05, 0) is 94.1 Å². The van der Waals surface area contributed by atoms with Crippen LogP contribution in [0.15, 0.2) is 24.3 Å². The van der Waals surface area contributed by atoms with Gasteiger partial charge in [0.2, 0.25) is 0 Å². The normalized spacial score (nSPS) is 30.5. The fourth-order valence-corrected chi connectivity index (χ4v) is 6.29. The highest BCUT2D eigenvalue weighted by Crippen LogP contribution is 2.50. The van der Waals surface area contributed by atoms with Crippen molar-refractivity contribution >= 4 is 0 Å². The molecule has 3 heteroatoms. The Morgan fingerprint density at radius 3 is 2.31 bits per heavy atom. The maximum atomic E-state index is 5.58. The number of fused-ring (bicyclic) bond motifs is 2. The van der Waals surface area contributed by atoms with Crippen molar-refractivity contribution in [1.82, 2.24) is 9.80 Å². The first kappa shape index (κ1) is 17.2. The topological polar surface area (TPSA) is 15.7 Å². The summed E-state index contributed by atoms with van der Waals surface area (Å²) in [5.74, 6) is 0. The number of rotatable bonds is 2. The van der Waals surface area contributed by atoms with Crippen LogP contribution in [-0.2, 0) is 10.2 Å². The first-order valence-electron chi connectivity index (χ1n) is 11.0. The zero-order valence-electron chi connectivity index (χ0n) is 16.2. The molecule has 0 bridgehead atoms. The van der Waals surface area contributed by atoms with Gasteiger partial charge in [-0.15, -0.1) is 0 Å². The SMILES string of the molecule is c1ccc2c(c1)C(N1CCCC1)CCC21CCN(C2CCOCC2)CC1. The second-order valence-corrected chi connectivity index (χ2v) is 9.04. The molecule has 0 amide bonds. The van der Waals surface area contributed by atoms with Crippen LogP contribution >= 0.6 is 0 Å². The number of hydrogen-bond acceptors (Lipinski definition) is 3. The van der Waals surface area contributed by atoms with Crippen molar-refractivity contribution < 1.29 is 4.74 Å². The van der Waals surface area contributed by atoms with E-state index in [2.05, 4.69) is 34.1 Å². The third-order valence-corrected chi connectivity index (χ3v) is 7.83. The predicted octanol–water partition coefficient (Wildman–Crippen LogP) is 4.13. The summed E-state index contributed by atoms with van der Waals surface area (Å²) in [5, 5.41) is 0. The fourth-order valence-electron chi connectivity index (χ4n) is 6.29. The number of ether oxygens (including phenoxy) is 1. The lowest BCUT2D eigenvalue weighted by Gasteiger charge is -2.50. The Kier molecular flexibility index (Phi) is 4.80. The lowest BCUT2D eigenvalue weighted by Crippen LogP contribution is -2.50. The maximum absolute atomic E-state index is 5.58. The van der Waals surface area contributed by atoms with Gasteiger partial charge in [-0.25, -0.2) is 0 Å². The molecule has 1 unspecified atom stereocenters. The van der Waals surface area contributed by atoms with E-state index in [1.54, 1.807) is 11.1 Å². The van der Waals surface area contributed by atoms with E-state index in [1.165, 1.54) is 77.5 Å². The van der Waals surface area contributed by atoms with Gasteiger partial charge in [0.05, 0.1) is 0 Å². The highest BCUT2D eigenvalue weighted by molar-refractivity contribution is 5.40. The van der Waals surface area contributed by atoms with Gasteiger partial charge in [0.15, 0.2) is 0 Å². The quantitative estimate of drug-likeness (QED) is 0.794. The van der Waals surface area contributed by atoms with Crippen LogP contribution in [0.5, 0.6) is 0 Å². The summed E-state index contributed by atoms with van der Waals surface area (Å²) in [4.78, 5) is 5.55. The molecule has 4 aliphatic rings. The van der Waals surface area contributed by atoms with Gasteiger partial charge in [0.25, 0.3) is 0 Å². The molecule has 3 saturated heterocycles. The minimum Gasteiger partial charge on any atom is -0.381 e. The van der Waals surface area contributed by atoms with E-state index in [0.717, 1.165) is 19.3 Å². The van der Waals surface area contributed by atoms with Gasteiger partial charge in [0.1, 0.15) is 0 Å². The van der Waals surface area contributed by atoms with Crippen molar-refractivity contribution in [2.45, 2.75) is 68.9 Å². The van der Waals surface area contributed by atoms with E-state index in [1.807, 2.05) is 0 Å². The lowest BCUT2D eigenvalue weighted by molar-refractivity contribution is 0.0135. The monoisotopic (exact) mass is 354 g/mol. The van der Waals surface area contributed by atoms with E-state index in [4.69, 9.17) is 4.74 Å². The van der Waals surface area contributed by atoms with Crippen molar-refractivity contribution in [2.75, 3.05) is 39.4 Å². The van der Waals surface area contributed by atoms with Crippen molar-refractivity contribution in [3.8, 4) is 0 Å². The third-order valence-electron chi connectivity index (χ3n) is 7.83. The Morgan fingerprint density at radius 2 is 1.54 bits per heavy atom. The van der Waals surface area contributed by atoms with Crippen LogP contribution in [0.25, 0.3) is 0 Å². The second-order valence-electron chi connectivity index (χ2n) is 9.04. The van der Waals surface area contributed by atoms with E-state index < -0.39 is 0 Å². The molecule has 3 heterocycles. The molecular weight excluding hydrogens is 320 g/mol. The summed E-state index contributed by atoms with van der Waals surface area (Å²) in [5.41, 5.74) is 3.82. The van der Waals surface area contributed by atoms with Gasteiger partial charge in [0, 0.05) is 25.3 Å². The highest BCUT2D eigenvalue weighted by atomic mass is 16.5. The number of piperidine rings is 1. The minimum atomic E-state index is 0.453. The lowest BCUT2D eigenvalue weighted by atomic mass is 9.63. The third kappa shape index (κ3) is 3.02. The molecule has 1 aliphatic carbocycles. The Labute approximate surface area is 158 Å². The van der Waals surface area contributed by atoms with Crippen molar-refractivity contribution in [2.24, 2.45) is 0 Å². The highest BCUT2D eigenvalue weighted by Gasteiger charge is 2.44. The van der Waals surface area contributed by atoms with E-state index in [9.17, 15) is 0 Å². The number of benzene rings is 1. The van der Waals surface area contributed by atoms with Crippen molar-refractivity contribution in [3.63, 3.8) is 0 Å². The van der Waals surface area contributed by atoms with E-state index in [-0.39, 0.29) is 0 Å². The van der Waals surface area contributed by atoms with Gasteiger partial charge >= 0.3 is 0 Å². The first-order valence-corrected chi connectivity index (χ1v) is 11.0. The molecule has 3 fully saturated rings. The Hall–Kier alpha value is -0.900. The summed E-state index contributed by atoms with van der Waals surface area (Å²) in [6.45, 7) is 7.12. The van der Waals surface area contributed by atoms with Crippen LogP contribution in [0, 0.1) is 0 Å².